The summed E-state index contributed by atoms with van der Waals surface area (Å²) in [4.78, 5) is 13.8. The van der Waals surface area contributed by atoms with Gasteiger partial charge in [-0.2, -0.15) is 5.10 Å². The smallest absolute Gasteiger partial charge is 0.153 e. The second-order valence-electron chi connectivity index (χ2n) is 5.44. The lowest BCUT2D eigenvalue weighted by molar-refractivity contribution is 0.112. The molecule has 106 valence electrons. The Bertz CT molecular complexity index is 593. The van der Waals surface area contributed by atoms with E-state index in [-0.39, 0.29) is 0 Å². The summed E-state index contributed by atoms with van der Waals surface area (Å²) in [7, 11) is 0. The van der Waals surface area contributed by atoms with Crippen molar-refractivity contribution >= 4 is 17.6 Å². The van der Waals surface area contributed by atoms with Crippen LogP contribution in [-0.4, -0.2) is 16.1 Å². The minimum Gasteiger partial charge on any atom is -0.298 e. The maximum atomic E-state index is 11.3. The molecular weight excluding hydrogens is 268 g/mol. The molecule has 0 atom stereocenters. The number of carbonyl (C=O) groups is 1. The van der Waals surface area contributed by atoms with E-state index in [2.05, 4.69) is 19.1 Å². The summed E-state index contributed by atoms with van der Waals surface area (Å²) in [5.41, 5.74) is 1.58. The van der Waals surface area contributed by atoms with Crippen molar-refractivity contribution in [2.45, 2.75) is 51.5 Å². The molecule has 1 saturated carbocycles. The molecule has 4 heteroatoms. The second kappa shape index (κ2) is 5.92. The fraction of sp³-hybridized carbons (Fsp3) is 0.500. The Hall–Kier alpha value is -1.42. The summed E-state index contributed by atoms with van der Waals surface area (Å²) in [6.45, 7) is 2.15. The molecule has 1 fully saturated rings. The van der Waals surface area contributed by atoms with Crippen molar-refractivity contribution in [3.8, 4) is 10.6 Å². The summed E-state index contributed by atoms with van der Waals surface area (Å²) in [5.74, 6) is 0. The SMILES string of the molecule is CCc1ccc(-c2nn(C3CCCCC3)cc2C=O)s1. The predicted octanol–water partition coefficient (Wildman–Crippen LogP) is 4.49. The number of hydrogen-bond acceptors (Lipinski definition) is 3. The van der Waals surface area contributed by atoms with Gasteiger partial charge < -0.3 is 0 Å². The van der Waals surface area contributed by atoms with Crippen LogP contribution in [0.15, 0.2) is 18.3 Å². The molecule has 0 amide bonds. The van der Waals surface area contributed by atoms with E-state index in [0.717, 1.165) is 28.8 Å². The third-order valence-electron chi connectivity index (χ3n) is 4.08. The van der Waals surface area contributed by atoms with Gasteiger partial charge in [0.15, 0.2) is 6.29 Å². The van der Waals surface area contributed by atoms with E-state index in [1.165, 1.54) is 37.0 Å². The van der Waals surface area contributed by atoms with Crippen molar-refractivity contribution in [3.63, 3.8) is 0 Å². The molecule has 0 spiro atoms. The minimum absolute atomic E-state index is 0.474. The van der Waals surface area contributed by atoms with E-state index in [1.807, 2.05) is 10.9 Å². The molecule has 1 aliphatic rings. The summed E-state index contributed by atoms with van der Waals surface area (Å²) < 4.78 is 2.03. The molecule has 0 unspecified atom stereocenters. The average molecular weight is 288 g/mol. The molecule has 0 aromatic carbocycles. The zero-order valence-electron chi connectivity index (χ0n) is 11.8. The molecule has 20 heavy (non-hydrogen) atoms. The van der Waals surface area contributed by atoms with Gasteiger partial charge in [-0.3, -0.25) is 9.48 Å². The Morgan fingerprint density at radius 1 is 1.35 bits per heavy atom. The molecule has 1 aliphatic carbocycles. The molecule has 2 heterocycles. The standard InChI is InChI=1S/C16H20N2OS/c1-2-14-8-9-15(20-14)16-12(11-19)10-18(17-16)13-6-4-3-5-7-13/h8-11,13H,2-7H2,1H3. The highest BCUT2D eigenvalue weighted by Crippen LogP contribution is 2.33. The van der Waals surface area contributed by atoms with Crippen LogP contribution in [0.1, 0.15) is 60.3 Å². The van der Waals surface area contributed by atoms with E-state index in [9.17, 15) is 4.79 Å². The van der Waals surface area contributed by atoms with Crippen molar-refractivity contribution in [1.82, 2.24) is 9.78 Å². The highest BCUT2D eigenvalue weighted by molar-refractivity contribution is 7.15. The first kappa shape index (κ1) is 13.6. The molecule has 0 radical (unpaired) electrons. The number of carbonyl (C=O) groups excluding carboxylic acids is 1. The fourth-order valence-electron chi connectivity index (χ4n) is 2.91. The van der Waals surface area contributed by atoms with Crippen LogP contribution < -0.4 is 0 Å². The Balaban J connectivity index is 1.93. The molecule has 3 nitrogen and oxygen atoms in total. The third kappa shape index (κ3) is 2.57. The number of aromatic nitrogens is 2. The monoisotopic (exact) mass is 288 g/mol. The molecular formula is C16H20N2OS. The topological polar surface area (TPSA) is 34.9 Å². The Morgan fingerprint density at radius 2 is 2.15 bits per heavy atom. The number of nitrogens with zero attached hydrogens (tertiary/aromatic N) is 2. The summed E-state index contributed by atoms with van der Waals surface area (Å²) >= 11 is 1.74. The van der Waals surface area contributed by atoms with Gasteiger partial charge in [-0.1, -0.05) is 26.2 Å². The molecule has 3 rings (SSSR count). The van der Waals surface area contributed by atoms with Crippen molar-refractivity contribution in [1.29, 1.82) is 0 Å². The van der Waals surface area contributed by atoms with Crippen molar-refractivity contribution in [2.75, 3.05) is 0 Å². The van der Waals surface area contributed by atoms with Crippen LogP contribution in [0.25, 0.3) is 10.6 Å². The van der Waals surface area contributed by atoms with Gasteiger partial charge in [0, 0.05) is 11.1 Å². The zero-order valence-corrected chi connectivity index (χ0v) is 12.7. The van der Waals surface area contributed by atoms with E-state index in [1.54, 1.807) is 11.3 Å². The predicted molar refractivity (Wildman–Crippen MR) is 82.4 cm³/mol. The second-order valence-corrected chi connectivity index (χ2v) is 6.61. The Morgan fingerprint density at radius 3 is 2.80 bits per heavy atom. The lowest BCUT2D eigenvalue weighted by Crippen LogP contribution is -2.13. The first-order valence-electron chi connectivity index (χ1n) is 7.45. The molecule has 0 bridgehead atoms. The van der Waals surface area contributed by atoms with Crippen LogP contribution in [0.5, 0.6) is 0 Å². The third-order valence-corrected chi connectivity index (χ3v) is 5.32. The van der Waals surface area contributed by atoms with Gasteiger partial charge in [0.05, 0.1) is 16.5 Å². The number of rotatable bonds is 4. The van der Waals surface area contributed by atoms with Gasteiger partial charge in [-0.15, -0.1) is 11.3 Å². The lowest BCUT2D eigenvalue weighted by atomic mass is 9.96. The molecule has 2 aromatic rings. The fourth-order valence-corrected chi connectivity index (χ4v) is 3.87. The normalized spacial score (nSPS) is 16.4. The van der Waals surface area contributed by atoms with E-state index in [0.29, 0.717) is 6.04 Å². The largest absolute Gasteiger partial charge is 0.298 e. The maximum Gasteiger partial charge on any atom is 0.153 e. The van der Waals surface area contributed by atoms with Gasteiger partial charge in [-0.05, 0) is 31.4 Å². The van der Waals surface area contributed by atoms with Gasteiger partial charge >= 0.3 is 0 Å². The number of hydrogen-bond donors (Lipinski definition) is 0. The van der Waals surface area contributed by atoms with Gasteiger partial charge in [0.25, 0.3) is 0 Å². The van der Waals surface area contributed by atoms with Crippen LogP contribution in [-0.2, 0) is 6.42 Å². The average Bonchev–Trinajstić information content (AvgIpc) is 3.14. The highest BCUT2D eigenvalue weighted by atomic mass is 32.1. The van der Waals surface area contributed by atoms with Crippen LogP contribution in [0, 0.1) is 0 Å². The molecule has 0 aliphatic heterocycles. The Kier molecular flexibility index (Phi) is 4.01. The van der Waals surface area contributed by atoms with Crippen molar-refractivity contribution < 1.29 is 4.79 Å². The summed E-state index contributed by atoms with van der Waals surface area (Å²) in [6, 6.07) is 4.69. The first-order chi connectivity index (χ1) is 9.81. The van der Waals surface area contributed by atoms with Gasteiger partial charge in [0.2, 0.25) is 0 Å². The van der Waals surface area contributed by atoms with Crippen LogP contribution in [0.3, 0.4) is 0 Å². The van der Waals surface area contributed by atoms with Gasteiger partial charge in [0.1, 0.15) is 5.69 Å². The van der Waals surface area contributed by atoms with Crippen LogP contribution >= 0.6 is 11.3 Å². The number of aryl methyl sites for hydroxylation is 1. The van der Waals surface area contributed by atoms with Gasteiger partial charge in [-0.25, -0.2) is 0 Å². The summed E-state index contributed by atoms with van der Waals surface area (Å²) in [5, 5.41) is 4.72. The minimum atomic E-state index is 0.474. The first-order valence-corrected chi connectivity index (χ1v) is 8.27. The maximum absolute atomic E-state index is 11.3. The molecule has 2 aromatic heterocycles. The van der Waals surface area contributed by atoms with E-state index < -0.39 is 0 Å². The number of aldehydes is 1. The van der Waals surface area contributed by atoms with Crippen LogP contribution in [0.4, 0.5) is 0 Å². The van der Waals surface area contributed by atoms with E-state index in [4.69, 9.17) is 5.10 Å². The van der Waals surface area contributed by atoms with E-state index >= 15 is 0 Å². The quantitative estimate of drug-likeness (QED) is 0.777. The molecule has 0 saturated heterocycles. The summed E-state index contributed by atoms with van der Waals surface area (Å²) in [6.07, 6.45) is 10.1. The van der Waals surface area contributed by atoms with Crippen molar-refractivity contribution in [2.24, 2.45) is 0 Å². The Labute approximate surface area is 123 Å². The van der Waals surface area contributed by atoms with Crippen molar-refractivity contribution in [3.05, 3.63) is 28.8 Å². The highest BCUT2D eigenvalue weighted by Gasteiger charge is 2.19. The zero-order chi connectivity index (χ0) is 13.9. The van der Waals surface area contributed by atoms with Crippen LogP contribution in [0.2, 0.25) is 0 Å². The molecule has 0 N–H and O–H groups in total. The number of thiophene rings is 1. The lowest BCUT2D eigenvalue weighted by Gasteiger charge is -2.21.